The summed E-state index contributed by atoms with van der Waals surface area (Å²) in [6.07, 6.45) is 9.51. The van der Waals surface area contributed by atoms with Gasteiger partial charge in [0.25, 0.3) is 0 Å². The molecule has 1 spiro atoms. The maximum Gasteiger partial charge on any atom is 0.321 e. The summed E-state index contributed by atoms with van der Waals surface area (Å²) in [6, 6.07) is 15.9. The van der Waals surface area contributed by atoms with Gasteiger partial charge in [0, 0.05) is 54.9 Å². The number of aliphatic hydroxyl groups is 1. The van der Waals surface area contributed by atoms with E-state index in [2.05, 4.69) is 28.8 Å². The number of benzene rings is 2. The fraction of sp³-hybridized carbons (Fsp3) is 0.588. The second kappa shape index (κ2) is 11.3. The van der Waals surface area contributed by atoms with Crippen molar-refractivity contribution >= 4 is 23.2 Å². The molecule has 2 saturated carbocycles. The van der Waals surface area contributed by atoms with Gasteiger partial charge >= 0.3 is 6.03 Å². The lowest BCUT2D eigenvalue weighted by Gasteiger charge is -2.62. The number of likely N-dealkylation sites (tertiary alicyclic amines) is 1. The van der Waals surface area contributed by atoms with E-state index in [1.807, 2.05) is 35.2 Å². The number of amides is 2. The highest BCUT2D eigenvalue weighted by molar-refractivity contribution is 5.89. The molecule has 220 valence electrons. The number of carbonyl (C=O) groups is 2. The molecular weight excluding hydrogens is 514 g/mol. The lowest BCUT2D eigenvalue weighted by atomic mass is 9.45. The second-order valence-electron chi connectivity index (χ2n) is 13.0. The summed E-state index contributed by atoms with van der Waals surface area (Å²) in [5.74, 6) is 1.14. The van der Waals surface area contributed by atoms with Gasteiger partial charge < -0.3 is 25.4 Å². The van der Waals surface area contributed by atoms with Gasteiger partial charge in [0.05, 0.1) is 12.6 Å². The van der Waals surface area contributed by atoms with Crippen LogP contribution in [0.2, 0.25) is 0 Å². The molecule has 41 heavy (non-hydrogen) atoms. The number of nitrogens with one attached hydrogen (secondary N) is 2. The Bertz CT molecular complexity index is 1250. The molecule has 0 bridgehead atoms. The van der Waals surface area contributed by atoms with Gasteiger partial charge in [-0.05, 0) is 74.1 Å². The molecule has 2 amide bonds. The van der Waals surface area contributed by atoms with Gasteiger partial charge in [-0.15, -0.1) is 0 Å². The molecule has 0 aromatic heterocycles. The number of nitrogens with zero attached hydrogens (tertiary/aromatic N) is 1. The summed E-state index contributed by atoms with van der Waals surface area (Å²) in [6.45, 7) is 3.01. The summed E-state index contributed by atoms with van der Waals surface area (Å²) in [5.41, 5.74) is 2.62. The molecule has 2 aliphatic heterocycles. The summed E-state index contributed by atoms with van der Waals surface area (Å²) in [5, 5.41) is 18.2. The number of hydrogen-bond donors (Lipinski definition) is 3. The first-order valence-electron chi connectivity index (χ1n) is 15.6. The van der Waals surface area contributed by atoms with Gasteiger partial charge in [0.15, 0.2) is 0 Å². The number of rotatable bonds is 5. The van der Waals surface area contributed by atoms with Crippen LogP contribution in [-0.4, -0.2) is 54.2 Å². The van der Waals surface area contributed by atoms with Gasteiger partial charge in [-0.2, -0.15) is 0 Å². The van der Waals surface area contributed by atoms with E-state index in [1.54, 1.807) is 14.0 Å². The number of piperidine rings is 1. The smallest absolute Gasteiger partial charge is 0.321 e. The largest absolute Gasteiger partial charge is 0.497 e. The highest BCUT2D eigenvalue weighted by Gasteiger charge is 2.67. The Morgan fingerprint density at radius 2 is 1.76 bits per heavy atom. The number of ketones is 1. The van der Waals surface area contributed by atoms with Crippen LogP contribution in [0.5, 0.6) is 5.75 Å². The minimum Gasteiger partial charge on any atom is -0.497 e. The monoisotopic (exact) mass is 559 g/mol. The zero-order chi connectivity index (χ0) is 28.6. The first-order valence-corrected chi connectivity index (χ1v) is 15.6. The van der Waals surface area contributed by atoms with E-state index in [-0.39, 0.29) is 41.6 Å². The van der Waals surface area contributed by atoms with Crippen molar-refractivity contribution in [2.75, 3.05) is 37.4 Å². The van der Waals surface area contributed by atoms with Crippen molar-refractivity contribution in [1.82, 2.24) is 4.90 Å². The average molecular weight is 560 g/mol. The third-order valence-corrected chi connectivity index (χ3v) is 11.1. The van der Waals surface area contributed by atoms with E-state index < -0.39 is 5.54 Å². The normalized spacial score (nSPS) is 29.1. The van der Waals surface area contributed by atoms with Crippen molar-refractivity contribution in [2.24, 2.45) is 23.2 Å². The predicted molar refractivity (Wildman–Crippen MR) is 161 cm³/mol. The van der Waals surface area contributed by atoms with Crippen molar-refractivity contribution in [3.05, 3.63) is 54.1 Å². The molecule has 4 aliphatic rings. The number of carbonyl (C=O) groups excluding carboxylic acids is 2. The molecule has 3 fully saturated rings. The Kier molecular flexibility index (Phi) is 7.75. The SMILES string of the molecule is COc1ccc2c(c1)NC1(C3CCCCCC3)C2C2(CCN(C(=O)Nc3ccccc3)CC2)C[C@@H](C(C)=O)[C@H]1CO. The van der Waals surface area contributed by atoms with E-state index >= 15 is 0 Å². The first-order chi connectivity index (χ1) is 19.9. The van der Waals surface area contributed by atoms with Crippen molar-refractivity contribution in [1.29, 1.82) is 0 Å². The lowest BCUT2D eigenvalue weighted by Crippen LogP contribution is -2.66. The number of anilines is 2. The Morgan fingerprint density at radius 1 is 1.05 bits per heavy atom. The predicted octanol–water partition coefficient (Wildman–Crippen LogP) is 6.45. The number of fused-ring (bicyclic) bond motifs is 4. The van der Waals surface area contributed by atoms with Crippen LogP contribution in [0.4, 0.5) is 16.2 Å². The molecule has 4 atom stereocenters. The van der Waals surface area contributed by atoms with Crippen molar-refractivity contribution in [3.8, 4) is 5.75 Å². The molecule has 6 rings (SSSR count). The topological polar surface area (TPSA) is 90.9 Å². The van der Waals surface area contributed by atoms with E-state index in [0.29, 0.717) is 19.0 Å². The van der Waals surface area contributed by atoms with E-state index in [0.717, 1.165) is 49.2 Å². The van der Waals surface area contributed by atoms with E-state index in [4.69, 9.17) is 4.74 Å². The molecule has 7 heteroatoms. The number of urea groups is 1. The van der Waals surface area contributed by atoms with Crippen LogP contribution in [0.3, 0.4) is 0 Å². The van der Waals surface area contributed by atoms with Crippen LogP contribution in [0, 0.1) is 23.2 Å². The van der Waals surface area contributed by atoms with E-state index in [9.17, 15) is 14.7 Å². The summed E-state index contributed by atoms with van der Waals surface area (Å²) in [4.78, 5) is 28.6. The zero-order valence-electron chi connectivity index (χ0n) is 24.5. The minimum absolute atomic E-state index is 0.00292. The second-order valence-corrected chi connectivity index (χ2v) is 13.0. The molecule has 2 heterocycles. The average Bonchev–Trinajstić information content (AvgIpc) is 3.12. The summed E-state index contributed by atoms with van der Waals surface area (Å²) in [7, 11) is 1.70. The molecule has 7 nitrogen and oxygen atoms in total. The molecule has 2 aromatic rings. The highest BCUT2D eigenvalue weighted by atomic mass is 16.5. The quantitative estimate of drug-likeness (QED) is 0.367. The maximum absolute atomic E-state index is 13.4. The van der Waals surface area contributed by atoms with Crippen LogP contribution in [0.1, 0.15) is 76.2 Å². The molecular formula is C34H45N3O4. The Hall–Kier alpha value is -3.06. The Morgan fingerprint density at radius 3 is 2.39 bits per heavy atom. The fourth-order valence-electron chi connectivity index (χ4n) is 9.23. The number of Topliss-reactive ketones (excluding diaryl/α,β-unsaturated/α-hetero) is 1. The summed E-state index contributed by atoms with van der Waals surface area (Å²) >= 11 is 0. The lowest BCUT2D eigenvalue weighted by molar-refractivity contribution is -0.135. The Balaban J connectivity index is 1.40. The van der Waals surface area contributed by atoms with Crippen LogP contribution in [0.15, 0.2) is 48.5 Å². The van der Waals surface area contributed by atoms with Crippen LogP contribution >= 0.6 is 0 Å². The highest BCUT2D eigenvalue weighted by Crippen LogP contribution is 2.68. The van der Waals surface area contributed by atoms with Gasteiger partial charge in [0.1, 0.15) is 11.5 Å². The molecule has 2 aliphatic carbocycles. The maximum atomic E-state index is 13.4. The van der Waals surface area contributed by atoms with Gasteiger partial charge in [0.2, 0.25) is 0 Å². The standard InChI is InChI=1S/C34H45N3O4/c1-23(39)28-21-33(16-18-37(19-17-33)32(40)35-25-12-8-5-9-13-25)31-27-15-14-26(41-2)20-30(27)36-34(31,29(28)22-38)24-10-6-3-4-7-11-24/h5,8-9,12-15,20,24,28-29,31,36,38H,3-4,6-7,10-11,16-19,21-22H2,1-2H3,(H,35,40)/t28-,29+,31?,34?/m0/s1. The molecule has 1 saturated heterocycles. The molecule has 2 aromatic carbocycles. The number of ether oxygens (including phenoxy) is 1. The van der Waals surface area contributed by atoms with Crippen molar-refractivity contribution in [3.63, 3.8) is 0 Å². The van der Waals surface area contributed by atoms with Crippen molar-refractivity contribution < 1.29 is 19.4 Å². The van der Waals surface area contributed by atoms with Gasteiger partial charge in [-0.1, -0.05) is 49.9 Å². The fourth-order valence-corrected chi connectivity index (χ4v) is 9.23. The van der Waals surface area contributed by atoms with E-state index in [1.165, 1.54) is 31.2 Å². The molecule has 2 unspecified atom stereocenters. The van der Waals surface area contributed by atoms with Crippen LogP contribution < -0.4 is 15.4 Å². The van der Waals surface area contributed by atoms with Crippen molar-refractivity contribution in [2.45, 2.75) is 76.2 Å². The molecule has 3 N–H and O–H groups in total. The van der Waals surface area contributed by atoms with Crippen LogP contribution in [0.25, 0.3) is 0 Å². The summed E-state index contributed by atoms with van der Waals surface area (Å²) < 4.78 is 5.64. The minimum atomic E-state index is -0.406. The first kappa shape index (κ1) is 28.1. The van der Waals surface area contributed by atoms with Gasteiger partial charge in [-0.25, -0.2) is 4.79 Å². The number of aliphatic hydroxyl groups excluding tert-OH is 1. The third kappa shape index (κ3) is 4.80. The third-order valence-electron chi connectivity index (χ3n) is 11.1. The zero-order valence-corrected chi connectivity index (χ0v) is 24.5. The number of para-hydroxylation sites is 1. The Labute approximate surface area is 244 Å². The van der Waals surface area contributed by atoms with Crippen LogP contribution in [-0.2, 0) is 4.79 Å². The number of hydrogen-bond acceptors (Lipinski definition) is 5. The number of methoxy groups -OCH3 is 1. The molecule has 0 radical (unpaired) electrons. The van der Waals surface area contributed by atoms with Gasteiger partial charge in [-0.3, -0.25) is 4.79 Å².